The topological polar surface area (TPSA) is 60.1 Å². The van der Waals surface area contributed by atoms with Gasteiger partial charge in [-0.1, -0.05) is 30.3 Å². The number of furan rings is 1. The molecule has 2 aromatic carbocycles. The molecular weight excluding hydrogens is 381 g/mol. The zero-order valence-electron chi connectivity index (χ0n) is 16.6. The number of carbonyl (C=O) groups excluding carboxylic acids is 1. The van der Waals surface area contributed by atoms with Gasteiger partial charge in [0.05, 0.1) is 28.3 Å². The van der Waals surface area contributed by atoms with Crippen molar-refractivity contribution in [2.75, 3.05) is 5.32 Å². The van der Waals surface area contributed by atoms with Crippen molar-refractivity contribution < 1.29 is 13.6 Å². The summed E-state index contributed by atoms with van der Waals surface area (Å²) in [5.74, 6) is 0.194. The molecule has 0 aliphatic heterocycles. The van der Waals surface area contributed by atoms with Crippen molar-refractivity contribution >= 4 is 17.7 Å². The van der Waals surface area contributed by atoms with Gasteiger partial charge < -0.3 is 9.73 Å². The highest BCUT2D eigenvalue weighted by Gasteiger charge is 2.14. The minimum atomic E-state index is -0.360. The quantitative estimate of drug-likeness (QED) is 0.447. The van der Waals surface area contributed by atoms with Gasteiger partial charge in [0.1, 0.15) is 17.3 Å². The molecule has 0 radical (unpaired) electrons. The Hall–Kier alpha value is -3.93. The molecule has 4 rings (SSSR count). The molecule has 0 saturated heterocycles. The van der Waals surface area contributed by atoms with E-state index in [4.69, 9.17) is 4.42 Å². The van der Waals surface area contributed by atoms with Crippen molar-refractivity contribution in [2.24, 2.45) is 0 Å². The summed E-state index contributed by atoms with van der Waals surface area (Å²) in [5.41, 5.74) is 3.52. The Morgan fingerprint density at radius 3 is 2.53 bits per heavy atom. The van der Waals surface area contributed by atoms with Crippen molar-refractivity contribution in [3.63, 3.8) is 0 Å². The van der Waals surface area contributed by atoms with E-state index in [2.05, 4.69) is 10.4 Å². The first kappa shape index (κ1) is 19.4. The van der Waals surface area contributed by atoms with Crippen LogP contribution in [0.15, 0.2) is 77.2 Å². The highest BCUT2D eigenvalue weighted by atomic mass is 19.1. The first-order valence-electron chi connectivity index (χ1n) is 9.48. The lowest BCUT2D eigenvalue weighted by Gasteiger charge is -2.05. The molecule has 5 nitrogen and oxygen atoms in total. The van der Waals surface area contributed by atoms with E-state index >= 15 is 0 Å². The summed E-state index contributed by atoms with van der Waals surface area (Å²) >= 11 is 0. The summed E-state index contributed by atoms with van der Waals surface area (Å²) < 4.78 is 21.3. The van der Waals surface area contributed by atoms with Gasteiger partial charge in [-0.15, -0.1) is 0 Å². The van der Waals surface area contributed by atoms with Gasteiger partial charge >= 0.3 is 0 Å². The molecule has 30 heavy (non-hydrogen) atoms. The molecule has 1 N–H and O–H groups in total. The molecule has 0 fully saturated rings. The van der Waals surface area contributed by atoms with Gasteiger partial charge in [-0.3, -0.25) is 4.79 Å². The summed E-state index contributed by atoms with van der Waals surface area (Å²) in [7, 11) is 0. The highest BCUT2D eigenvalue weighted by molar-refractivity contribution is 6.02. The summed E-state index contributed by atoms with van der Waals surface area (Å²) in [4.78, 5) is 12.4. The predicted molar refractivity (Wildman–Crippen MR) is 115 cm³/mol. The highest BCUT2D eigenvalue weighted by Crippen LogP contribution is 2.26. The SMILES string of the molecule is Cc1nn(-c2ccccc2)c(C)c1NC(=O)/C=C/c1ccc(-c2ccccc2F)o1. The molecule has 0 aliphatic rings. The molecule has 2 aromatic heterocycles. The number of nitrogens with one attached hydrogen (secondary N) is 1. The Morgan fingerprint density at radius 1 is 1.03 bits per heavy atom. The Kier molecular flexibility index (Phi) is 5.30. The normalized spacial score (nSPS) is 11.2. The van der Waals surface area contributed by atoms with Gasteiger partial charge in [-0.25, -0.2) is 9.07 Å². The maximum atomic E-state index is 13.9. The van der Waals surface area contributed by atoms with Crippen LogP contribution in [0.4, 0.5) is 10.1 Å². The average Bonchev–Trinajstić information content (AvgIpc) is 3.33. The second-order valence-corrected chi connectivity index (χ2v) is 6.80. The third-order valence-electron chi connectivity index (χ3n) is 4.71. The Labute approximate surface area is 173 Å². The fourth-order valence-corrected chi connectivity index (χ4v) is 3.22. The maximum absolute atomic E-state index is 13.9. The van der Waals surface area contributed by atoms with E-state index in [0.29, 0.717) is 22.8 Å². The van der Waals surface area contributed by atoms with Crippen LogP contribution < -0.4 is 5.32 Å². The molecule has 1 amide bonds. The minimum Gasteiger partial charge on any atom is -0.457 e. The minimum absolute atomic E-state index is 0.308. The first-order chi connectivity index (χ1) is 14.5. The molecule has 6 heteroatoms. The second kappa shape index (κ2) is 8.21. The number of benzene rings is 2. The molecule has 150 valence electrons. The van der Waals surface area contributed by atoms with Gasteiger partial charge in [0, 0.05) is 6.08 Å². The number of aryl methyl sites for hydroxylation is 1. The van der Waals surface area contributed by atoms with Crippen molar-refractivity contribution in [3.8, 4) is 17.0 Å². The molecule has 4 aromatic rings. The van der Waals surface area contributed by atoms with Crippen molar-refractivity contribution in [1.82, 2.24) is 9.78 Å². The Bertz CT molecular complexity index is 1220. The van der Waals surface area contributed by atoms with Crippen LogP contribution in [0, 0.1) is 19.7 Å². The van der Waals surface area contributed by atoms with Crippen LogP contribution in [0.3, 0.4) is 0 Å². The van der Waals surface area contributed by atoms with Crippen LogP contribution in [0.25, 0.3) is 23.1 Å². The number of aromatic nitrogens is 2. The van der Waals surface area contributed by atoms with Crippen LogP contribution >= 0.6 is 0 Å². The Balaban J connectivity index is 1.49. The van der Waals surface area contributed by atoms with Crippen molar-refractivity contribution in [2.45, 2.75) is 13.8 Å². The number of halogens is 1. The number of carbonyl (C=O) groups is 1. The molecule has 0 aliphatic carbocycles. The third-order valence-corrected chi connectivity index (χ3v) is 4.71. The Morgan fingerprint density at radius 2 is 1.77 bits per heavy atom. The van der Waals surface area contributed by atoms with E-state index in [1.807, 2.05) is 44.2 Å². The first-order valence-corrected chi connectivity index (χ1v) is 9.48. The summed E-state index contributed by atoms with van der Waals surface area (Å²) in [6, 6.07) is 19.5. The van der Waals surface area contributed by atoms with Crippen molar-refractivity contribution in [1.29, 1.82) is 0 Å². The smallest absolute Gasteiger partial charge is 0.248 e. The molecule has 0 bridgehead atoms. The van der Waals surface area contributed by atoms with Gasteiger partial charge in [0.25, 0.3) is 0 Å². The predicted octanol–water partition coefficient (Wildman–Crippen LogP) is 5.54. The number of nitrogens with zero attached hydrogens (tertiary/aromatic N) is 2. The zero-order valence-corrected chi connectivity index (χ0v) is 16.6. The molecule has 0 atom stereocenters. The summed E-state index contributed by atoms with van der Waals surface area (Å²) in [6.45, 7) is 3.75. The average molecular weight is 401 g/mol. The number of para-hydroxylation sites is 1. The van der Waals surface area contributed by atoms with Gasteiger partial charge in [-0.2, -0.15) is 5.10 Å². The van der Waals surface area contributed by atoms with E-state index in [1.165, 1.54) is 12.1 Å². The lowest BCUT2D eigenvalue weighted by atomic mass is 10.1. The van der Waals surface area contributed by atoms with Gasteiger partial charge in [-0.05, 0) is 56.3 Å². The van der Waals surface area contributed by atoms with E-state index in [-0.39, 0.29) is 11.7 Å². The van der Waals surface area contributed by atoms with Gasteiger partial charge in [0.2, 0.25) is 5.91 Å². The monoisotopic (exact) mass is 401 g/mol. The lowest BCUT2D eigenvalue weighted by molar-refractivity contribution is -0.111. The largest absolute Gasteiger partial charge is 0.457 e. The lowest BCUT2D eigenvalue weighted by Crippen LogP contribution is -2.09. The molecule has 0 unspecified atom stereocenters. The van der Waals surface area contributed by atoms with Crippen LogP contribution in [0.5, 0.6) is 0 Å². The van der Waals surface area contributed by atoms with E-state index in [1.54, 1.807) is 41.1 Å². The maximum Gasteiger partial charge on any atom is 0.248 e. The van der Waals surface area contributed by atoms with Crippen LogP contribution in [0.1, 0.15) is 17.1 Å². The number of hydrogen-bond acceptors (Lipinski definition) is 3. The van der Waals surface area contributed by atoms with Crippen LogP contribution in [-0.2, 0) is 4.79 Å². The number of hydrogen-bond donors (Lipinski definition) is 1. The van der Waals surface area contributed by atoms with Gasteiger partial charge in [0.15, 0.2) is 0 Å². The third kappa shape index (κ3) is 3.93. The molecule has 0 spiro atoms. The number of amides is 1. The number of rotatable bonds is 5. The molecule has 2 heterocycles. The summed E-state index contributed by atoms with van der Waals surface area (Å²) in [5, 5.41) is 7.40. The van der Waals surface area contributed by atoms with Crippen LogP contribution in [-0.4, -0.2) is 15.7 Å². The fraction of sp³-hybridized carbons (Fsp3) is 0.0833. The van der Waals surface area contributed by atoms with E-state index < -0.39 is 0 Å². The second-order valence-electron chi connectivity index (χ2n) is 6.80. The van der Waals surface area contributed by atoms with E-state index in [0.717, 1.165) is 17.1 Å². The van der Waals surface area contributed by atoms with Crippen molar-refractivity contribution in [3.05, 3.63) is 95.8 Å². The number of anilines is 1. The molecular formula is C24H20FN3O2. The fourth-order valence-electron chi connectivity index (χ4n) is 3.22. The zero-order chi connectivity index (χ0) is 21.1. The molecule has 0 saturated carbocycles. The summed E-state index contributed by atoms with van der Waals surface area (Å²) in [6.07, 6.45) is 2.93. The standard InChI is InChI=1S/C24H20FN3O2/c1-16-24(17(2)28(27-16)18-8-4-3-5-9-18)26-23(29)15-13-19-12-14-22(30-19)20-10-6-7-11-21(20)25/h3-15H,1-2H3,(H,26,29)/b15-13+. The van der Waals surface area contributed by atoms with Crippen LogP contribution in [0.2, 0.25) is 0 Å². The van der Waals surface area contributed by atoms with E-state index in [9.17, 15) is 9.18 Å².